The molecule has 1 atom stereocenters. The van der Waals surface area contributed by atoms with E-state index in [0.717, 1.165) is 27.8 Å². The van der Waals surface area contributed by atoms with E-state index in [1.54, 1.807) is 7.11 Å². The second-order valence-corrected chi connectivity index (χ2v) is 6.09. The zero-order chi connectivity index (χ0) is 17.8. The number of fused-ring (bicyclic) bond motifs is 1. The van der Waals surface area contributed by atoms with Crippen LogP contribution in [0.4, 0.5) is 0 Å². The van der Waals surface area contributed by atoms with Crippen molar-refractivity contribution < 1.29 is 14.6 Å². The Morgan fingerprint density at radius 1 is 1.24 bits per heavy atom. The summed E-state index contributed by atoms with van der Waals surface area (Å²) in [6, 6.07) is 15.2. The van der Waals surface area contributed by atoms with Crippen molar-refractivity contribution in [2.75, 3.05) is 13.7 Å². The van der Waals surface area contributed by atoms with Crippen molar-refractivity contribution in [3.05, 3.63) is 65.9 Å². The molecule has 0 saturated carbocycles. The lowest BCUT2D eigenvalue weighted by molar-refractivity contribution is -0.120. The molecule has 0 spiro atoms. The Bertz CT molecular complexity index is 886. The summed E-state index contributed by atoms with van der Waals surface area (Å²) in [4.78, 5) is 12.1. The fourth-order valence-corrected chi connectivity index (χ4v) is 2.87. The quantitative estimate of drug-likeness (QED) is 0.726. The second-order valence-electron chi connectivity index (χ2n) is 6.09. The van der Waals surface area contributed by atoms with Crippen LogP contribution in [0.25, 0.3) is 10.9 Å². The smallest absolute Gasteiger partial charge is 0.224 e. The standard InChI is InChI=1S/C20H22N2O3/c1-22-9-8-15-12-16(6-7-18(15)22)19(23)13-21-20(24)11-14-4-3-5-17(10-14)25-2/h3-10,12,19,23H,11,13H2,1-2H3,(H,21,24)/t19-/m1/s1. The monoisotopic (exact) mass is 338 g/mol. The molecule has 0 saturated heterocycles. The van der Waals surface area contributed by atoms with Gasteiger partial charge in [0.1, 0.15) is 5.75 Å². The first-order valence-corrected chi connectivity index (χ1v) is 8.19. The topological polar surface area (TPSA) is 63.5 Å². The normalized spacial score (nSPS) is 12.1. The third-order valence-electron chi connectivity index (χ3n) is 4.29. The van der Waals surface area contributed by atoms with Crippen LogP contribution >= 0.6 is 0 Å². The summed E-state index contributed by atoms with van der Waals surface area (Å²) in [5.41, 5.74) is 2.77. The molecule has 3 aromatic rings. The Balaban J connectivity index is 1.58. The molecule has 1 aromatic heterocycles. The van der Waals surface area contributed by atoms with E-state index in [1.807, 2.05) is 66.3 Å². The summed E-state index contributed by atoms with van der Waals surface area (Å²) in [6.07, 6.45) is 1.50. The predicted octanol–water partition coefficient (Wildman–Crippen LogP) is 2.58. The van der Waals surface area contributed by atoms with Crippen molar-refractivity contribution in [3.8, 4) is 5.75 Å². The van der Waals surface area contributed by atoms with Crippen molar-refractivity contribution in [1.82, 2.24) is 9.88 Å². The Morgan fingerprint density at radius 2 is 2.08 bits per heavy atom. The van der Waals surface area contributed by atoms with Gasteiger partial charge in [0.2, 0.25) is 5.91 Å². The number of hydrogen-bond donors (Lipinski definition) is 2. The van der Waals surface area contributed by atoms with Crippen LogP contribution < -0.4 is 10.1 Å². The molecule has 0 bridgehead atoms. The first kappa shape index (κ1) is 17.0. The zero-order valence-electron chi connectivity index (χ0n) is 14.4. The van der Waals surface area contributed by atoms with Gasteiger partial charge < -0.3 is 19.7 Å². The van der Waals surface area contributed by atoms with Gasteiger partial charge in [-0.3, -0.25) is 4.79 Å². The number of benzene rings is 2. The van der Waals surface area contributed by atoms with Crippen LogP contribution in [0.2, 0.25) is 0 Å². The minimum atomic E-state index is -0.737. The molecule has 0 aliphatic heterocycles. The van der Waals surface area contributed by atoms with Crippen molar-refractivity contribution in [2.24, 2.45) is 7.05 Å². The molecule has 3 rings (SSSR count). The molecule has 1 amide bonds. The lowest BCUT2D eigenvalue weighted by Gasteiger charge is -2.13. The highest BCUT2D eigenvalue weighted by Crippen LogP contribution is 2.21. The van der Waals surface area contributed by atoms with Gasteiger partial charge >= 0.3 is 0 Å². The van der Waals surface area contributed by atoms with Crippen LogP contribution in [0.5, 0.6) is 5.75 Å². The fourth-order valence-electron chi connectivity index (χ4n) is 2.87. The first-order chi connectivity index (χ1) is 12.1. The Kier molecular flexibility index (Phi) is 5.05. The number of aliphatic hydroxyl groups excluding tert-OH is 1. The third-order valence-corrected chi connectivity index (χ3v) is 4.29. The van der Waals surface area contributed by atoms with E-state index in [-0.39, 0.29) is 18.9 Å². The lowest BCUT2D eigenvalue weighted by atomic mass is 10.1. The van der Waals surface area contributed by atoms with Crippen molar-refractivity contribution >= 4 is 16.8 Å². The Labute approximate surface area is 146 Å². The SMILES string of the molecule is COc1cccc(CC(=O)NC[C@@H](O)c2ccc3c(ccn3C)c2)c1. The molecule has 0 aliphatic carbocycles. The maximum absolute atomic E-state index is 12.1. The average molecular weight is 338 g/mol. The molecule has 5 heteroatoms. The van der Waals surface area contributed by atoms with Crippen molar-refractivity contribution in [1.29, 1.82) is 0 Å². The van der Waals surface area contributed by atoms with E-state index in [0.29, 0.717) is 0 Å². The number of aromatic nitrogens is 1. The molecule has 2 aromatic carbocycles. The molecule has 0 unspecified atom stereocenters. The van der Waals surface area contributed by atoms with Crippen LogP contribution in [0.15, 0.2) is 54.7 Å². The third kappa shape index (κ3) is 4.00. The van der Waals surface area contributed by atoms with Gasteiger partial charge in [-0.05, 0) is 46.8 Å². The van der Waals surface area contributed by atoms with Gasteiger partial charge in [0.25, 0.3) is 0 Å². The number of aliphatic hydroxyl groups is 1. The minimum Gasteiger partial charge on any atom is -0.497 e. The summed E-state index contributed by atoms with van der Waals surface area (Å²) in [5, 5.41) is 14.2. The summed E-state index contributed by atoms with van der Waals surface area (Å²) >= 11 is 0. The molecule has 2 N–H and O–H groups in total. The van der Waals surface area contributed by atoms with Gasteiger partial charge in [-0.1, -0.05) is 18.2 Å². The van der Waals surface area contributed by atoms with Crippen LogP contribution in [0.3, 0.4) is 0 Å². The molecule has 1 heterocycles. The number of carbonyl (C=O) groups is 1. The maximum Gasteiger partial charge on any atom is 0.224 e. The highest BCUT2D eigenvalue weighted by atomic mass is 16.5. The van der Waals surface area contributed by atoms with Gasteiger partial charge in [-0.15, -0.1) is 0 Å². The maximum atomic E-state index is 12.1. The summed E-state index contributed by atoms with van der Waals surface area (Å²) in [5.74, 6) is 0.592. The fraction of sp³-hybridized carbons (Fsp3) is 0.250. The zero-order valence-corrected chi connectivity index (χ0v) is 14.4. The number of nitrogens with zero attached hydrogens (tertiary/aromatic N) is 1. The predicted molar refractivity (Wildman–Crippen MR) is 97.6 cm³/mol. The van der Waals surface area contributed by atoms with E-state index in [4.69, 9.17) is 4.74 Å². The number of nitrogens with one attached hydrogen (secondary N) is 1. The van der Waals surface area contributed by atoms with Crippen molar-refractivity contribution in [3.63, 3.8) is 0 Å². The van der Waals surface area contributed by atoms with Gasteiger partial charge in [0, 0.05) is 25.3 Å². The number of methoxy groups -OCH3 is 1. The van der Waals surface area contributed by atoms with Gasteiger partial charge in [-0.2, -0.15) is 0 Å². The largest absolute Gasteiger partial charge is 0.497 e. The number of hydrogen-bond acceptors (Lipinski definition) is 3. The minimum absolute atomic E-state index is 0.131. The second kappa shape index (κ2) is 7.40. The Morgan fingerprint density at radius 3 is 2.88 bits per heavy atom. The van der Waals surface area contributed by atoms with Crippen LogP contribution in [-0.2, 0) is 18.3 Å². The molecule has 5 nitrogen and oxygen atoms in total. The molecule has 0 fully saturated rings. The van der Waals surface area contributed by atoms with Gasteiger partial charge in [0.05, 0.1) is 19.6 Å². The molecular weight excluding hydrogens is 316 g/mol. The number of rotatable bonds is 6. The van der Waals surface area contributed by atoms with Crippen molar-refractivity contribution in [2.45, 2.75) is 12.5 Å². The van der Waals surface area contributed by atoms with E-state index in [9.17, 15) is 9.90 Å². The summed E-state index contributed by atoms with van der Waals surface area (Å²) in [7, 11) is 3.58. The number of carbonyl (C=O) groups excluding carboxylic acids is 1. The van der Waals surface area contributed by atoms with Crippen LogP contribution in [-0.4, -0.2) is 29.2 Å². The van der Waals surface area contributed by atoms with Crippen LogP contribution in [0, 0.1) is 0 Å². The number of amides is 1. The van der Waals surface area contributed by atoms with Gasteiger partial charge in [0.15, 0.2) is 0 Å². The highest BCUT2D eigenvalue weighted by Gasteiger charge is 2.11. The van der Waals surface area contributed by atoms with Crippen LogP contribution in [0.1, 0.15) is 17.2 Å². The highest BCUT2D eigenvalue weighted by molar-refractivity contribution is 5.81. The van der Waals surface area contributed by atoms with E-state index >= 15 is 0 Å². The summed E-state index contributed by atoms with van der Waals surface area (Å²) < 4.78 is 7.19. The molecular formula is C20H22N2O3. The van der Waals surface area contributed by atoms with E-state index in [1.165, 1.54) is 0 Å². The van der Waals surface area contributed by atoms with Gasteiger partial charge in [-0.25, -0.2) is 0 Å². The molecule has 0 radical (unpaired) electrons. The average Bonchev–Trinajstić information content (AvgIpc) is 3.00. The Hall–Kier alpha value is -2.79. The molecule has 130 valence electrons. The lowest BCUT2D eigenvalue weighted by Crippen LogP contribution is -2.29. The molecule has 25 heavy (non-hydrogen) atoms. The number of aryl methyl sites for hydroxylation is 1. The number of ether oxygens (including phenoxy) is 1. The summed E-state index contributed by atoms with van der Waals surface area (Å²) in [6.45, 7) is 0.182. The van der Waals surface area contributed by atoms with E-state index in [2.05, 4.69) is 5.32 Å². The van der Waals surface area contributed by atoms with E-state index < -0.39 is 6.10 Å². The molecule has 0 aliphatic rings. The first-order valence-electron chi connectivity index (χ1n) is 8.19.